The molecule has 2 rings (SSSR count). The Morgan fingerprint density at radius 2 is 1.95 bits per heavy atom. The number of carbonyl (C=O) groups is 1. The highest BCUT2D eigenvalue weighted by Crippen LogP contribution is 2.23. The lowest BCUT2D eigenvalue weighted by Crippen LogP contribution is -2.18. The largest absolute Gasteiger partial charge is 0.478 e. The maximum Gasteiger partial charge on any atom is 0.340 e. The van der Waals surface area contributed by atoms with Crippen molar-refractivity contribution in [2.75, 3.05) is 4.72 Å². The van der Waals surface area contributed by atoms with E-state index in [1.54, 1.807) is 4.72 Å². The van der Waals surface area contributed by atoms with Crippen molar-refractivity contribution < 1.29 is 31.5 Å². The first-order chi connectivity index (χ1) is 9.72. The van der Waals surface area contributed by atoms with Crippen LogP contribution in [0.25, 0.3) is 0 Å². The van der Waals surface area contributed by atoms with Crippen molar-refractivity contribution in [2.45, 2.75) is 5.03 Å². The number of H-pyrrole nitrogens is 1. The highest BCUT2D eigenvalue weighted by Gasteiger charge is 2.26. The summed E-state index contributed by atoms with van der Waals surface area (Å²) in [5.41, 5.74) is -1.71. The summed E-state index contributed by atoms with van der Waals surface area (Å²) < 4.78 is 64.7. The fourth-order valence-electron chi connectivity index (χ4n) is 1.46. The second-order valence-corrected chi connectivity index (χ2v) is 5.39. The lowest BCUT2D eigenvalue weighted by Gasteiger charge is -2.08. The average molecular weight is 321 g/mol. The van der Waals surface area contributed by atoms with E-state index >= 15 is 0 Å². The van der Waals surface area contributed by atoms with Gasteiger partial charge in [0.15, 0.2) is 16.7 Å². The molecule has 11 heteroatoms. The Morgan fingerprint density at radius 1 is 1.29 bits per heavy atom. The molecule has 7 nitrogen and oxygen atoms in total. The third-order valence-electron chi connectivity index (χ3n) is 2.34. The highest BCUT2D eigenvalue weighted by molar-refractivity contribution is 7.92. The van der Waals surface area contributed by atoms with Gasteiger partial charge >= 0.3 is 5.97 Å². The number of carboxylic acid groups (broad SMARTS) is 1. The predicted molar refractivity (Wildman–Crippen MR) is 62.7 cm³/mol. The maximum atomic E-state index is 13.4. The zero-order valence-corrected chi connectivity index (χ0v) is 10.7. The molecule has 21 heavy (non-hydrogen) atoms. The molecule has 1 heterocycles. The van der Waals surface area contributed by atoms with Crippen molar-refractivity contribution in [2.24, 2.45) is 0 Å². The normalized spacial score (nSPS) is 11.4. The number of aromatic nitrogens is 2. The summed E-state index contributed by atoms with van der Waals surface area (Å²) in [4.78, 5) is 10.8. The molecule has 0 aliphatic heterocycles. The summed E-state index contributed by atoms with van der Waals surface area (Å²) in [6, 6.07) is 0.638. The minimum Gasteiger partial charge on any atom is -0.478 e. The van der Waals surface area contributed by atoms with Crippen molar-refractivity contribution in [3.63, 3.8) is 0 Å². The van der Waals surface area contributed by atoms with E-state index in [4.69, 9.17) is 5.11 Å². The van der Waals surface area contributed by atoms with Crippen LogP contribution >= 0.6 is 0 Å². The molecule has 112 valence electrons. The number of sulfonamides is 1. The van der Waals surface area contributed by atoms with Crippen LogP contribution < -0.4 is 4.72 Å². The van der Waals surface area contributed by atoms with Crippen molar-refractivity contribution >= 4 is 21.7 Å². The topological polar surface area (TPSA) is 112 Å². The number of rotatable bonds is 4. The molecule has 0 amide bonds. The predicted octanol–water partition coefficient (Wildman–Crippen LogP) is 1.33. The van der Waals surface area contributed by atoms with Crippen molar-refractivity contribution in [1.29, 1.82) is 0 Å². The summed E-state index contributed by atoms with van der Waals surface area (Å²) in [7, 11) is -4.62. The van der Waals surface area contributed by atoms with Gasteiger partial charge in [0.2, 0.25) is 0 Å². The van der Waals surface area contributed by atoms with E-state index in [9.17, 15) is 26.4 Å². The van der Waals surface area contributed by atoms with Gasteiger partial charge in [0.25, 0.3) is 10.0 Å². The number of hydrogen-bond donors (Lipinski definition) is 3. The molecule has 3 N–H and O–H groups in total. The Labute approximate surface area is 115 Å². The zero-order valence-electron chi connectivity index (χ0n) is 9.89. The van der Waals surface area contributed by atoms with Gasteiger partial charge in [-0.15, -0.1) is 0 Å². The number of aromatic carboxylic acids is 1. The monoisotopic (exact) mass is 321 g/mol. The Hall–Kier alpha value is -2.56. The number of halogens is 3. The number of aromatic amines is 1. The highest BCUT2D eigenvalue weighted by atomic mass is 32.2. The van der Waals surface area contributed by atoms with Gasteiger partial charge in [-0.25, -0.2) is 18.0 Å². The van der Waals surface area contributed by atoms with Crippen LogP contribution in [0.1, 0.15) is 10.4 Å². The van der Waals surface area contributed by atoms with E-state index in [0.717, 1.165) is 6.20 Å². The van der Waals surface area contributed by atoms with Crippen LogP contribution in [-0.2, 0) is 10.0 Å². The van der Waals surface area contributed by atoms with E-state index in [-0.39, 0.29) is 6.07 Å². The number of hydrogen-bond acceptors (Lipinski definition) is 4. The number of carboxylic acids is 1. The lowest BCUT2D eigenvalue weighted by atomic mass is 10.3. The molecule has 0 saturated carbocycles. The number of anilines is 1. The summed E-state index contributed by atoms with van der Waals surface area (Å²) in [6.07, 6.45) is 0.722. The number of nitrogens with one attached hydrogen (secondary N) is 2. The van der Waals surface area contributed by atoms with E-state index in [2.05, 4.69) is 5.10 Å². The molecule has 1 aromatic carbocycles. The minimum absolute atomic E-state index is 0.228. The molecule has 0 unspecified atom stereocenters. The molecule has 0 atom stereocenters. The smallest absolute Gasteiger partial charge is 0.340 e. The molecular weight excluding hydrogens is 315 g/mol. The van der Waals surface area contributed by atoms with Gasteiger partial charge in [-0.2, -0.15) is 13.5 Å². The molecule has 1 aromatic heterocycles. The van der Waals surface area contributed by atoms with Gasteiger partial charge in [-0.3, -0.25) is 9.82 Å². The first-order valence-electron chi connectivity index (χ1n) is 5.16. The van der Waals surface area contributed by atoms with E-state index < -0.39 is 49.7 Å². The fraction of sp³-hybridized carbons (Fsp3) is 0. The van der Waals surface area contributed by atoms with Gasteiger partial charge in [-0.05, 0) is 0 Å². The molecule has 0 saturated heterocycles. The Kier molecular flexibility index (Phi) is 3.60. The molecule has 0 aliphatic carbocycles. The SMILES string of the molecule is O=C(O)c1cn[nH]c1S(=O)(=O)Nc1cc(F)cc(F)c1F. The molecular formula is C10H6F3N3O4S. The second-order valence-electron chi connectivity index (χ2n) is 3.77. The van der Waals surface area contributed by atoms with Crippen LogP contribution in [0.4, 0.5) is 18.9 Å². The molecule has 2 aromatic rings. The van der Waals surface area contributed by atoms with Gasteiger partial charge in [0.05, 0.1) is 11.9 Å². The number of benzene rings is 1. The van der Waals surface area contributed by atoms with Gasteiger partial charge in [0, 0.05) is 12.1 Å². The van der Waals surface area contributed by atoms with Crippen molar-refractivity contribution in [3.8, 4) is 0 Å². The van der Waals surface area contributed by atoms with Crippen molar-refractivity contribution in [1.82, 2.24) is 10.2 Å². The van der Waals surface area contributed by atoms with Gasteiger partial charge in [0.1, 0.15) is 11.4 Å². The van der Waals surface area contributed by atoms with Crippen LogP contribution in [0.3, 0.4) is 0 Å². The lowest BCUT2D eigenvalue weighted by molar-refractivity contribution is 0.0692. The van der Waals surface area contributed by atoms with E-state index in [1.165, 1.54) is 0 Å². The van der Waals surface area contributed by atoms with Crippen LogP contribution in [-0.4, -0.2) is 29.7 Å². The van der Waals surface area contributed by atoms with E-state index in [0.29, 0.717) is 6.07 Å². The Balaban J connectivity index is 2.48. The zero-order chi connectivity index (χ0) is 15.8. The van der Waals surface area contributed by atoms with Gasteiger partial charge in [-0.1, -0.05) is 0 Å². The van der Waals surface area contributed by atoms with Crippen LogP contribution in [0, 0.1) is 17.5 Å². The van der Waals surface area contributed by atoms with Crippen LogP contribution in [0.5, 0.6) is 0 Å². The summed E-state index contributed by atoms with van der Waals surface area (Å²) in [5.74, 6) is -6.04. The Bertz CT molecular complexity index is 819. The molecule has 0 aliphatic rings. The van der Waals surface area contributed by atoms with Gasteiger partial charge < -0.3 is 5.11 Å². The minimum atomic E-state index is -4.62. The standard InChI is InChI=1S/C10H6F3N3O4S/c11-4-1-6(12)8(13)7(2-4)16-21(19,20)9-5(10(17)18)3-14-15-9/h1-3,16H,(H,14,15)(H,17,18). The molecule has 0 fully saturated rings. The second kappa shape index (κ2) is 5.09. The first kappa shape index (κ1) is 14.8. The summed E-state index contributed by atoms with van der Waals surface area (Å²) in [5, 5.41) is 13.1. The third kappa shape index (κ3) is 2.81. The van der Waals surface area contributed by atoms with Crippen LogP contribution in [0.2, 0.25) is 0 Å². The molecule has 0 spiro atoms. The van der Waals surface area contributed by atoms with Crippen LogP contribution in [0.15, 0.2) is 23.4 Å². The number of nitrogens with zero attached hydrogens (tertiary/aromatic N) is 1. The fourth-order valence-corrected chi connectivity index (χ4v) is 2.60. The Morgan fingerprint density at radius 3 is 2.57 bits per heavy atom. The molecule has 0 bridgehead atoms. The van der Waals surface area contributed by atoms with E-state index in [1.807, 2.05) is 5.10 Å². The maximum absolute atomic E-state index is 13.4. The third-order valence-corrected chi connectivity index (χ3v) is 3.68. The molecule has 0 radical (unpaired) electrons. The average Bonchev–Trinajstić information content (AvgIpc) is 2.85. The quantitative estimate of drug-likeness (QED) is 0.735. The first-order valence-corrected chi connectivity index (χ1v) is 6.64. The summed E-state index contributed by atoms with van der Waals surface area (Å²) >= 11 is 0. The van der Waals surface area contributed by atoms with Crippen molar-refractivity contribution in [3.05, 3.63) is 41.3 Å². The summed E-state index contributed by atoms with van der Waals surface area (Å²) in [6.45, 7) is 0.